The van der Waals surface area contributed by atoms with Gasteiger partial charge in [-0.05, 0) is 49.3 Å². The molecular formula is C18H24N4O. The summed E-state index contributed by atoms with van der Waals surface area (Å²) in [6.07, 6.45) is 8.55. The third-order valence-corrected chi connectivity index (χ3v) is 4.43. The first kappa shape index (κ1) is 15.6. The Labute approximate surface area is 137 Å². The molecule has 0 aliphatic heterocycles. The van der Waals surface area contributed by atoms with Gasteiger partial charge in [0.2, 0.25) is 0 Å². The van der Waals surface area contributed by atoms with E-state index in [1.54, 1.807) is 10.9 Å². The molecule has 0 spiro atoms. The Kier molecular flexibility index (Phi) is 4.65. The van der Waals surface area contributed by atoms with Crippen LogP contribution in [0.25, 0.3) is 0 Å². The highest BCUT2D eigenvalue weighted by atomic mass is 16.2. The van der Waals surface area contributed by atoms with Crippen molar-refractivity contribution in [3.8, 4) is 0 Å². The topological polar surface area (TPSA) is 59.0 Å². The van der Waals surface area contributed by atoms with Crippen LogP contribution in [0.2, 0.25) is 0 Å². The van der Waals surface area contributed by atoms with Crippen LogP contribution >= 0.6 is 0 Å². The highest BCUT2D eigenvalue weighted by Gasteiger charge is 2.14. The van der Waals surface area contributed by atoms with Gasteiger partial charge >= 0.3 is 6.03 Å². The maximum atomic E-state index is 12.0. The molecule has 0 saturated heterocycles. The van der Waals surface area contributed by atoms with E-state index in [0.29, 0.717) is 6.54 Å². The van der Waals surface area contributed by atoms with Crippen molar-refractivity contribution in [2.24, 2.45) is 7.05 Å². The first-order valence-electron chi connectivity index (χ1n) is 8.25. The number of rotatable bonds is 4. The lowest BCUT2D eigenvalue weighted by Gasteiger charge is -2.20. The molecule has 1 atom stereocenters. The number of carbonyl (C=O) groups excluding carboxylic acids is 1. The van der Waals surface area contributed by atoms with Crippen molar-refractivity contribution in [2.75, 3.05) is 0 Å². The minimum Gasteiger partial charge on any atom is -0.334 e. The highest BCUT2D eigenvalue weighted by molar-refractivity contribution is 5.74. The second kappa shape index (κ2) is 6.86. The quantitative estimate of drug-likeness (QED) is 0.912. The van der Waals surface area contributed by atoms with E-state index in [2.05, 4.69) is 33.9 Å². The Morgan fingerprint density at radius 3 is 2.83 bits per heavy atom. The number of carbonyl (C=O) groups is 1. The van der Waals surface area contributed by atoms with Gasteiger partial charge < -0.3 is 10.6 Å². The smallest absolute Gasteiger partial charge is 0.315 e. The molecule has 122 valence electrons. The fraction of sp³-hybridized carbons (Fsp3) is 0.444. The van der Waals surface area contributed by atoms with Crippen LogP contribution in [-0.2, 0) is 26.4 Å². The zero-order valence-corrected chi connectivity index (χ0v) is 13.8. The van der Waals surface area contributed by atoms with Crippen molar-refractivity contribution >= 4 is 6.03 Å². The number of aryl methyl sites for hydroxylation is 3. The summed E-state index contributed by atoms with van der Waals surface area (Å²) in [4.78, 5) is 12.0. The summed E-state index contributed by atoms with van der Waals surface area (Å²) in [5, 5.41) is 9.96. The lowest BCUT2D eigenvalue weighted by Crippen LogP contribution is -2.36. The molecule has 5 nitrogen and oxygen atoms in total. The van der Waals surface area contributed by atoms with Gasteiger partial charge in [0.1, 0.15) is 0 Å². The Morgan fingerprint density at radius 2 is 2.09 bits per heavy atom. The Morgan fingerprint density at radius 1 is 1.30 bits per heavy atom. The molecule has 0 bridgehead atoms. The van der Waals surface area contributed by atoms with Crippen LogP contribution in [0.3, 0.4) is 0 Å². The molecule has 5 heteroatoms. The number of urea groups is 1. The van der Waals surface area contributed by atoms with Gasteiger partial charge in [-0.25, -0.2) is 4.79 Å². The van der Waals surface area contributed by atoms with Gasteiger partial charge in [-0.3, -0.25) is 4.68 Å². The van der Waals surface area contributed by atoms with Crippen molar-refractivity contribution in [1.82, 2.24) is 20.4 Å². The zero-order chi connectivity index (χ0) is 16.2. The Bertz CT molecular complexity index is 692. The molecular weight excluding hydrogens is 288 g/mol. The summed E-state index contributed by atoms with van der Waals surface area (Å²) in [5.74, 6) is 0. The normalized spacial score (nSPS) is 14.9. The average Bonchev–Trinajstić information content (AvgIpc) is 2.98. The predicted molar refractivity (Wildman–Crippen MR) is 90.1 cm³/mol. The first-order chi connectivity index (χ1) is 11.1. The summed E-state index contributed by atoms with van der Waals surface area (Å²) in [6, 6.07) is 6.45. The van der Waals surface area contributed by atoms with Crippen LogP contribution in [0.5, 0.6) is 0 Å². The number of nitrogens with one attached hydrogen (secondary N) is 2. The number of amides is 2. The van der Waals surface area contributed by atoms with Crippen molar-refractivity contribution in [2.45, 2.75) is 45.2 Å². The largest absolute Gasteiger partial charge is 0.334 e. The summed E-state index contributed by atoms with van der Waals surface area (Å²) < 4.78 is 1.73. The third-order valence-electron chi connectivity index (χ3n) is 4.43. The zero-order valence-electron chi connectivity index (χ0n) is 13.8. The molecule has 0 radical (unpaired) electrons. The van der Waals surface area contributed by atoms with E-state index < -0.39 is 0 Å². The fourth-order valence-electron chi connectivity index (χ4n) is 3.10. The SMILES string of the molecule is CC(NC(=O)NCc1cnn(C)c1)c1ccc2c(c1)CCCC2. The average molecular weight is 312 g/mol. The number of benzene rings is 1. The van der Waals surface area contributed by atoms with Gasteiger partial charge in [0.05, 0.1) is 12.2 Å². The summed E-state index contributed by atoms with van der Waals surface area (Å²) >= 11 is 0. The molecule has 1 heterocycles. The Hall–Kier alpha value is -2.30. The molecule has 1 aromatic heterocycles. The van der Waals surface area contributed by atoms with Crippen LogP contribution in [0.4, 0.5) is 4.79 Å². The highest BCUT2D eigenvalue weighted by Crippen LogP contribution is 2.24. The summed E-state index contributed by atoms with van der Waals surface area (Å²) in [7, 11) is 1.86. The van der Waals surface area contributed by atoms with Crippen LogP contribution in [0.1, 0.15) is 48.1 Å². The lowest BCUT2D eigenvalue weighted by atomic mass is 9.89. The van der Waals surface area contributed by atoms with Gasteiger partial charge in [0, 0.05) is 25.4 Å². The van der Waals surface area contributed by atoms with Gasteiger partial charge in [-0.1, -0.05) is 18.2 Å². The maximum Gasteiger partial charge on any atom is 0.315 e. The molecule has 1 aliphatic carbocycles. The van der Waals surface area contributed by atoms with Crippen LogP contribution < -0.4 is 10.6 Å². The number of nitrogens with zero attached hydrogens (tertiary/aromatic N) is 2. The molecule has 0 saturated carbocycles. The first-order valence-corrected chi connectivity index (χ1v) is 8.25. The second-order valence-electron chi connectivity index (χ2n) is 6.31. The molecule has 0 fully saturated rings. The van der Waals surface area contributed by atoms with Gasteiger partial charge in [-0.2, -0.15) is 5.10 Å². The predicted octanol–water partition coefficient (Wildman–Crippen LogP) is 2.86. The minimum atomic E-state index is -0.154. The van der Waals surface area contributed by atoms with Gasteiger partial charge in [0.15, 0.2) is 0 Å². The Balaban J connectivity index is 1.55. The van der Waals surface area contributed by atoms with E-state index in [1.807, 2.05) is 20.2 Å². The summed E-state index contributed by atoms with van der Waals surface area (Å²) in [6.45, 7) is 2.50. The number of aromatic nitrogens is 2. The standard InChI is InChI=1S/C18H24N4O/c1-13(16-8-7-15-5-3-4-6-17(15)9-16)21-18(23)19-10-14-11-20-22(2)12-14/h7-9,11-13H,3-6,10H2,1-2H3,(H2,19,21,23). The minimum absolute atomic E-state index is 0.00359. The van der Waals surface area contributed by atoms with E-state index in [0.717, 1.165) is 12.0 Å². The van der Waals surface area contributed by atoms with E-state index >= 15 is 0 Å². The molecule has 23 heavy (non-hydrogen) atoms. The number of fused-ring (bicyclic) bond motifs is 1. The maximum absolute atomic E-state index is 12.0. The molecule has 1 unspecified atom stereocenters. The van der Waals surface area contributed by atoms with Crippen LogP contribution in [0, 0.1) is 0 Å². The van der Waals surface area contributed by atoms with Crippen LogP contribution in [0.15, 0.2) is 30.6 Å². The fourth-order valence-corrected chi connectivity index (χ4v) is 3.10. The van der Waals surface area contributed by atoms with E-state index in [4.69, 9.17) is 0 Å². The van der Waals surface area contributed by atoms with Gasteiger partial charge in [0.25, 0.3) is 0 Å². The third kappa shape index (κ3) is 3.92. The van der Waals surface area contributed by atoms with Crippen molar-refractivity contribution in [3.63, 3.8) is 0 Å². The monoisotopic (exact) mass is 312 g/mol. The molecule has 3 rings (SSSR count). The van der Waals surface area contributed by atoms with Crippen molar-refractivity contribution in [3.05, 3.63) is 52.8 Å². The van der Waals surface area contributed by atoms with Crippen LogP contribution in [-0.4, -0.2) is 15.8 Å². The summed E-state index contributed by atoms with van der Waals surface area (Å²) in [5.41, 5.74) is 5.07. The van der Waals surface area contributed by atoms with Crippen molar-refractivity contribution < 1.29 is 4.79 Å². The molecule has 1 aliphatic rings. The van der Waals surface area contributed by atoms with Crippen molar-refractivity contribution in [1.29, 1.82) is 0 Å². The van der Waals surface area contributed by atoms with E-state index in [1.165, 1.54) is 36.0 Å². The second-order valence-corrected chi connectivity index (χ2v) is 6.31. The molecule has 2 aromatic rings. The van der Waals surface area contributed by atoms with E-state index in [-0.39, 0.29) is 12.1 Å². The van der Waals surface area contributed by atoms with Gasteiger partial charge in [-0.15, -0.1) is 0 Å². The molecule has 2 amide bonds. The molecule has 2 N–H and O–H groups in total. The molecule has 1 aromatic carbocycles. The lowest BCUT2D eigenvalue weighted by molar-refractivity contribution is 0.237. The number of hydrogen-bond donors (Lipinski definition) is 2. The van der Waals surface area contributed by atoms with E-state index in [9.17, 15) is 4.79 Å². The number of hydrogen-bond acceptors (Lipinski definition) is 2.